The van der Waals surface area contributed by atoms with E-state index in [0.29, 0.717) is 12.1 Å². The number of benzene rings is 2. The van der Waals surface area contributed by atoms with Crippen molar-refractivity contribution < 1.29 is 4.74 Å². The van der Waals surface area contributed by atoms with Gasteiger partial charge in [0, 0.05) is 67.5 Å². The molecule has 0 bridgehead atoms. The Labute approximate surface area is 181 Å². The number of methoxy groups -OCH3 is 1. The van der Waals surface area contributed by atoms with Crippen LogP contribution in [0.4, 0.5) is 0 Å². The van der Waals surface area contributed by atoms with Crippen LogP contribution in [-0.4, -0.2) is 47.3 Å². The van der Waals surface area contributed by atoms with Gasteiger partial charge in [-0.15, -0.1) is 0 Å². The minimum Gasteiger partial charge on any atom is -0.380 e. The number of nitrogens with one attached hydrogen (secondary N) is 2. The van der Waals surface area contributed by atoms with Crippen molar-refractivity contribution in [1.29, 1.82) is 0 Å². The van der Waals surface area contributed by atoms with Gasteiger partial charge >= 0.3 is 0 Å². The first kappa shape index (κ1) is 19.7. The number of aromatic nitrogens is 2. The molecular formula is C24H28N4OS. The molecule has 2 atom stereocenters. The molecule has 4 aromatic rings. The van der Waals surface area contributed by atoms with Gasteiger partial charge in [-0.25, -0.2) is 0 Å². The largest absolute Gasteiger partial charge is 0.380 e. The molecule has 6 heteroatoms. The van der Waals surface area contributed by atoms with Crippen molar-refractivity contribution in [3.8, 4) is 0 Å². The molecule has 1 aliphatic heterocycles. The highest BCUT2D eigenvalue weighted by Crippen LogP contribution is 2.33. The van der Waals surface area contributed by atoms with Crippen molar-refractivity contribution in [3.63, 3.8) is 0 Å². The third-order valence-electron chi connectivity index (χ3n) is 6.23. The lowest BCUT2D eigenvalue weighted by Crippen LogP contribution is -2.33. The van der Waals surface area contributed by atoms with Gasteiger partial charge in [-0.1, -0.05) is 24.3 Å². The van der Waals surface area contributed by atoms with Gasteiger partial charge in [-0.3, -0.25) is 9.62 Å². The van der Waals surface area contributed by atoms with E-state index in [1.165, 1.54) is 32.3 Å². The highest BCUT2D eigenvalue weighted by Gasteiger charge is 2.30. The average molecular weight is 421 g/mol. The van der Waals surface area contributed by atoms with E-state index in [0.717, 1.165) is 26.1 Å². The molecular weight excluding hydrogens is 392 g/mol. The second-order valence-corrected chi connectivity index (χ2v) is 9.01. The molecule has 0 spiro atoms. The monoisotopic (exact) mass is 420 g/mol. The van der Waals surface area contributed by atoms with E-state index in [4.69, 9.17) is 4.74 Å². The second-order valence-electron chi connectivity index (χ2n) is 8.05. The van der Waals surface area contributed by atoms with Crippen molar-refractivity contribution in [2.45, 2.75) is 23.5 Å². The van der Waals surface area contributed by atoms with E-state index in [-0.39, 0.29) is 0 Å². The third-order valence-corrected chi connectivity index (χ3v) is 7.03. The predicted molar refractivity (Wildman–Crippen MR) is 125 cm³/mol. The van der Waals surface area contributed by atoms with Crippen LogP contribution in [0.5, 0.6) is 0 Å². The lowest BCUT2D eigenvalue weighted by Gasteiger charge is -2.28. The Morgan fingerprint density at radius 2 is 2.13 bits per heavy atom. The zero-order valence-electron chi connectivity index (χ0n) is 17.5. The minimum atomic E-state index is 0.304. The van der Waals surface area contributed by atoms with E-state index in [1.807, 2.05) is 13.3 Å². The smallest absolute Gasteiger partial charge is 0.0710 e. The molecule has 1 saturated heterocycles. The normalized spacial score (nSPS) is 18.5. The molecule has 2 aromatic carbocycles. The van der Waals surface area contributed by atoms with Gasteiger partial charge in [-0.2, -0.15) is 0 Å². The van der Waals surface area contributed by atoms with Gasteiger partial charge in [0.25, 0.3) is 0 Å². The Morgan fingerprint density at radius 3 is 3.00 bits per heavy atom. The minimum absolute atomic E-state index is 0.304. The molecule has 0 saturated carbocycles. The quantitative estimate of drug-likeness (QED) is 0.425. The van der Waals surface area contributed by atoms with E-state index in [2.05, 4.69) is 80.9 Å². The first-order valence-electron chi connectivity index (χ1n) is 10.5. The predicted octanol–water partition coefficient (Wildman–Crippen LogP) is 4.72. The summed E-state index contributed by atoms with van der Waals surface area (Å²) >= 11 is 1.70. The number of aryl methyl sites for hydroxylation is 1. The van der Waals surface area contributed by atoms with Crippen molar-refractivity contribution in [2.24, 2.45) is 7.05 Å². The van der Waals surface area contributed by atoms with E-state index < -0.39 is 0 Å². The van der Waals surface area contributed by atoms with Gasteiger partial charge < -0.3 is 14.3 Å². The van der Waals surface area contributed by atoms with Crippen molar-refractivity contribution in [1.82, 2.24) is 19.2 Å². The molecule has 1 unspecified atom stereocenters. The summed E-state index contributed by atoms with van der Waals surface area (Å²) in [7, 11) is 3.96. The fourth-order valence-corrected chi connectivity index (χ4v) is 5.32. The summed E-state index contributed by atoms with van der Waals surface area (Å²) in [5, 5.41) is 2.58. The zero-order chi connectivity index (χ0) is 20.5. The molecule has 30 heavy (non-hydrogen) atoms. The number of H-pyrrole nitrogens is 1. The van der Waals surface area contributed by atoms with Gasteiger partial charge in [0.05, 0.1) is 12.1 Å². The Morgan fingerprint density at radius 1 is 1.23 bits per heavy atom. The number of para-hydroxylation sites is 1. The number of rotatable bonds is 7. The number of hydrogen-bond acceptors (Lipinski definition) is 4. The fraction of sp³-hybridized carbons (Fsp3) is 0.333. The van der Waals surface area contributed by atoms with E-state index in [9.17, 15) is 0 Å². The van der Waals surface area contributed by atoms with Crippen molar-refractivity contribution in [3.05, 3.63) is 66.5 Å². The molecule has 1 fully saturated rings. The number of aromatic amines is 1. The summed E-state index contributed by atoms with van der Waals surface area (Å²) in [4.78, 5) is 7.09. The van der Waals surface area contributed by atoms with Crippen LogP contribution in [0.25, 0.3) is 21.8 Å². The molecule has 5 rings (SSSR count). The van der Waals surface area contributed by atoms with Crippen LogP contribution in [0.1, 0.15) is 18.0 Å². The van der Waals surface area contributed by atoms with Gasteiger partial charge in [-0.05, 0) is 53.6 Å². The standard InChI is InChI=1S/C24H28N4OS/c1-27-16-21(20-5-3-4-6-23(20)27)24(28-12-10-18(15-28)29-2)14-26-30-19-8-7-17-9-11-25-22(17)13-19/h3-9,11,13,16,18,24-26H,10,12,14-15H2,1-2H3/t18?,24-/m0/s1. The lowest BCUT2D eigenvalue weighted by molar-refractivity contribution is 0.101. The summed E-state index contributed by atoms with van der Waals surface area (Å²) in [5.74, 6) is 0. The molecule has 3 heterocycles. The Bertz CT molecular complexity index is 1150. The van der Waals surface area contributed by atoms with Crippen LogP contribution in [0.2, 0.25) is 0 Å². The SMILES string of the molecule is COC1CCN([C@@H](CNSc2ccc3cc[nH]c3c2)c2cn(C)c3ccccc23)C1. The van der Waals surface area contributed by atoms with Crippen LogP contribution < -0.4 is 4.72 Å². The van der Waals surface area contributed by atoms with Gasteiger partial charge in [0.2, 0.25) is 0 Å². The molecule has 1 aliphatic rings. The second kappa shape index (κ2) is 8.47. The van der Waals surface area contributed by atoms with Crippen LogP contribution in [-0.2, 0) is 11.8 Å². The first-order valence-corrected chi connectivity index (χ1v) is 11.3. The van der Waals surface area contributed by atoms with Crippen LogP contribution in [0.15, 0.2) is 65.8 Å². The molecule has 0 aliphatic carbocycles. The average Bonchev–Trinajstić information content (AvgIpc) is 3.50. The molecule has 0 radical (unpaired) electrons. The highest BCUT2D eigenvalue weighted by atomic mass is 32.2. The first-order chi connectivity index (χ1) is 14.7. The highest BCUT2D eigenvalue weighted by molar-refractivity contribution is 7.97. The van der Waals surface area contributed by atoms with Crippen molar-refractivity contribution in [2.75, 3.05) is 26.7 Å². The summed E-state index contributed by atoms with van der Waals surface area (Å²) in [5.41, 5.74) is 3.84. The van der Waals surface area contributed by atoms with Gasteiger partial charge in [0.15, 0.2) is 0 Å². The van der Waals surface area contributed by atoms with Gasteiger partial charge in [0.1, 0.15) is 0 Å². The van der Waals surface area contributed by atoms with Crippen LogP contribution in [0, 0.1) is 0 Å². The lowest BCUT2D eigenvalue weighted by atomic mass is 10.0. The summed E-state index contributed by atoms with van der Waals surface area (Å²) in [6.45, 7) is 2.91. The number of nitrogens with zero attached hydrogens (tertiary/aromatic N) is 2. The maximum absolute atomic E-state index is 5.65. The van der Waals surface area contributed by atoms with E-state index in [1.54, 1.807) is 11.9 Å². The maximum Gasteiger partial charge on any atom is 0.0710 e. The summed E-state index contributed by atoms with van der Waals surface area (Å²) in [6.07, 6.45) is 5.70. The summed E-state index contributed by atoms with van der Waals surface area (Å²) in [6, 6.07) is 17.7. The summed E-state index contributed by atoms with van der Waals surface area (Å²) < 4.78 is 11.5. The zero-order valence-corrected chi connectivity index (χ0v) is 18.3. The number of likely N-dealkylation sites (tertiary alicyclic amines) is 1. The topological polar surface area (TPSA) is 45.2 Å². The van der Waals surface area contributed by atoms with Crippen molar-refractivity contribution >= 4 is 33.8 Å². The molecule has 2 aromatic heterocycles. The fourth-order valence-electron chi connectivity index (χ4n) is 4.60. The molecule has 0 amide bonds. The van der Waals surface area contributed by atoms with Crippen LogP contribution in [0.3, 0.4) is 0 Å². The Kier molecular flexibility index (Phi) is 5.56. The van der Waals surface area contributed by atoms with E-state index >= 15 is 0 Å². The number of hydrogen-bond donors (Lipinski definition) is 2. The van der Waals surface area contributed by atoms with Crippen LogP contribution >= 0.6 is 11.9 Å². The maximum atomic E-state index is 5.65. The Balaban J connectivity index is 1.38. The molecule has 5 nitrogen and oxygen atoms in total. The Hall–Kier alpha value is -2.25. The molecule has 156 valence electrons. The molecule has 2 N–H and O–H groups in total. The number of ether oxygens (including phenoxy) is 1. The third kappa shape index (κ3) is 3.76. The number of fused-ring (bicyclic) bond motifs is 2.